The summed E-state index contributed by atoms with van der Waals surface area (Å²) in [5.41, 5.74) is 0.108. The van der Waals surface area contributed by atoms with Crippen LogP contribution in [0, 0.1) is 5.41 Å². The summed E-state index contributed by atoms with van der Waals surface area (Å²) in [5.74, 6) is 0.540. The molecule has 0 aliphatic heterocycles. The second kappa shape index (κ2) is 5.50. The van der Waals surface area contributed by atoms with E-state index in [1.54, 1.807) is 6.92 Å². The molecule has 0 saturated heterocycles. The smallest absolute Gasteiger partial charge is 0.150 e. The van der Waals surface area contributed by atoms with Crippen molar-refractivity contribution in [2.75, 3.05) is 18.1 Å². The lowest BCUT2D eigenvalue weighted by atomic mass is 9.89. The first kappa shape index (κ1) is 15.9. The molecule has 0 aliphatic rings. The quantitative estimate of drug-likeness (QED) is 0.785. The van der Waals surface area contributed by atoms with Crippen LogP contribution in [0.15, 0.2) is 0 Å². The van der Waals surface area contributed by atoms with Crippen molar-refractivity contribution in [1.29, 1.82) is 0 Å². The molecule has 0 amide bonds. The Hall–Kier alpha value is -0.0900. The molecule has 1 N–H and O–H groups in total. The molecule has 0 heterocycles. The molecule has 98 valence electrons. The first-order valence-corrected chi connectivity index (χ1v) is 7.75. The summed E-state index contributed by atoms with van der Waals surface area (Å²) in [7, 11) is -2.83. The lowest BCUT2D eigenvalue weighted by Gasteiger charge is -2.30. The average molecular weight is 249 g/mol. The van der Waals surface area contributed by atoms with Crippen molar-refractivity contribution in [3.8, 4) is 0 Å². The van der Waals surface area contributed by atoms with Gasteiger partial charge in [-0.15, -0.1) is 0 Å². The molecule has 0 rings (SSSR count). The maximum absolute atomic E-state index is 11.4. The molecule has 0 atom stereocenters. The summed E-state index contributed by atoms with van der Waals surface area (Å²) in [6.45, 7) is 13.1. The maximum Gasteiger partial charge on any atom is 0.150 e. The van der Waals surface area contributed by atoms with Gasteiger partial charge in [0.05, 0.1) is 5.75 Å². The predicted molar refractivity (Wildman–Crippen MR) is 70.5 cm³/mol. The molecule has 0 radical (unpaired) electrons. The fourth-order valence-electron chi connectivity index (χ4n) is 1.17. The Bertz CT molecular complexity index is 299. The zero-order chi connectivity index (χ0) is 13.0. The van der Waals surface area contributed by atoms with Gasteiger partial charge in [-0.1, -0.05) is 20.8 Å². The molecule has 0 aromatic carbocycles. The second-order valence-electron chi connectivity index (χ2n) is 6.25. The van der Waals surface area contributed by atoms with Crippen LogP contribution in [0.1, 0.15) is 48.0 Å². The maximum atomic E-state index is 11.4. The van der Waals surface area contributed by atoms with Gasteiger partial charge in [0.25, 0.3) is 0 Å². The molecule has 16 heavy (non-hydrogen) atoms. The first-order chi connectivity index (χ1) is 6.97. The van der Waals surface area contributed by atoms with Gasteiger partial charge in [0.15, 0.2) is 0 Å². The third-order valence-electron chi connectivity index (χ3n) is 2.63. The highest BCUT2D eigenvalue weighted by atomic mass is 32.2. The van der Waals surface area contributed by atoms with Gasteiger partial charge in [-0.2, -0.15) is 0 Å². The van der Waals surface area contributed by atoms with Crippen LogP contribution >= 0.6 is 0 Å². The number of hydrogen-bond acceptors (Lipinski definition) is 3. The molecular weight excluding hydrogens is 222 g/mol. The van der Waals surface area contributed by atoms with Crippen molar-refractivity contribution in [2.45, 2.75) is 53.5 Å². The molecule has 0 aliphatic carbocycles. The van der Waals surface area contributed by atoms with Gasteiger partial charge in [0, 0.05) is 17.8 Å². The molecule has 0 saturated carbocycles. The molecule has 0 aromatic rings. The molecule has 3 nitrogen and oxygen atoms in total. The SMILES string of the molecule is CCS(=O)(=O)CCC(C)(C)CNC(C)(C)C. The average Bonchev–Trinajstić information content (AvgIpc) is 2.12. The van der Waals surface area contributed by atoms with E-state index in [0.717, 1.165) is 6.54 Å². The predicted octanol–water partition coefficient (Wildman–Crippen LogP) is 2.23. The van der Waals surface area contributed by atoms with E-state index < -0.39 is 9.84 Å². The van der Waals surface area contributed by atoms with E-state index in [1.807, 2.05) is 0 Å². The van der Waals surface area contributed by atoms with E-state index >= 15 is 0 Å². The first-order valence-electron chi connectivity index (χ1n) is 5.93. The Kier molecular flexibility index (Phi) is 5.47. The van der Waals surface area contributed by atoms with E-state index in [9.17, 15) is 8.42 Å². The van der Waals surface area contributed by atoms with Crippen LogP contribution in [0.2, 0.25) is 0 Å². The van der Waals surface area contributed by atoms with Crippen molar-refractivity contribution < 1.29 is 8.42 Å². The monoisotopic (exact) mass is 249 g/mol. The van der Waals surface area contributed by atoms with Gasteiger partial charge in [-0.25, -0.2) is 8.42 Å². The Morgan fingerprint density at radius 2 is 1.56 bits per heavy atom. The van der Waals surface area contributed by atoms with Crippen molar-refractivity contribution in [2.24, 2.45) is 5.41 Å². The molecular formula is C12H27NO2S. The number of sulfone groups is 1. The van der Waals surface area contributed by atoms with Crippen LogP contribution < -0.4 is 5.32 Å². The highest BCUT2D eigenvalue weighted by Gasteiger charge is 2.23. The zero-order valence-corrected chi connectivity index (χ0v) is 12.4. The Morgan fingerprint density at radius 3 is 1.94 bits per heavy atom. The minimum Gasteiger partial charge on any atom is -0.312 e. The van der Waals surface area contributed by atoms with Crippen molar-refractivity contribution >= 4 is 9.84 Å². The van der Waals surface area contributed by atoms with Gasteiger partial charge in [-0.05, 0) is 32.6 Å². The highest BCUT2D eigenvalue weighted by Crippen LogP contribution is 2.21. The van der Waals surface area contributed by atoms with Gasteiger partial charge >= 0.3 is 0 Å². The van der Waals surface area contributed by atoms with Crippen LogP contribution in [0.3, 0.4) is 0 Å². The standard InChI is InChI=1S/C12H27NO2S/c1-7-16(14,15)9-8-12(5,6)10-13-11(2,3)4/h13H,7-10H2,1-6H3. The fraction of sp³-hybridized carbons (Fsp3) is 1.00. The normalized spacial score (nSPS) is 14.1. The van der Waals surface area contributed by atoms with E-state index in [-0.39, 0.29) is 16.7 Å². The lowest BCUT2D eigenvalue weighted by molar-refractivity contribution is 0.283. The Labute approximate surface area is 101 Å². The largest absolute Gasteiger partial charge is 0.312 e. The molecule has 0 aromatic heterocycles. The van der Waals surface area contributed by atoms with Crippen LogP contribution in [0.4, 0.5) is 0 Å². The molecule has 0 unspecified atom stereocenters. The summed E-state index contributed by atoms with van der Waals surface area (Å²) in [6, 6.07) is 0. The summed E-state index contributed by atoms with van der Waals surface area (Å²) in [5, 5.41) is 3.42. The third-order valence-corrected chi connectivity index (χ3v) is 4.33. The topological polar surface area (TPSA) is 46.2 Å². The molecule has 0 bridgehead atoms. The van der Waals surface area contributed by atoms with E-state index in [4.69, 9.17) is 0 Å². The number of rotatable bonds is 6. The minimum atomic E-state index is -2.83. The molecule has 4 heteroatoms. The van der Waals surface area contributed by atoms with Gasteiger partial charge < -0.3 is 5.32 Å². The van der Waals surface area contributed by atoms with Crippen molar-refractivity contribution in [1.82, 2.24) is 5.32 Å². The van der Waals surface area contributed by atoms with Crippen molar-refractivity contribution in [3.63, 3.8) is 0 Å². The van der Waals surface area contributed by atoms with E-state index in [1.165, 1.54) is 0 Å². The molecule has 0 spiro atoms. The summed E-state index contributed by atoms with van der Waals surface area (Å²) < 4.78 is 22.9. The van der Waals surface area contributed by atoms with Crippen LogP contribution in [-0.2, 0) is 9.84 Å². The summed E-state index contributed by atoms with van der Waals surface area (Å²) >= 11 is 0. The summed E-state index contributed by atoms with van der Waals surface area (Å²) in [4.78, 5) is 0. The fourth-order valence-corrected chi connectivity index (χ4v) is 2.32. The van der Waals surface area contributed by atoms with Crippen LogP contribution in [0.25, 0.3) is 0 Å². The summed E-state index contributed by atoms with van der Waals surface area (Å²) in [6.07, 6.45) is 0.715. The zero-order valence-electron chi connectivity index (χ0n) is 11.6. The minimum absolute atomic E-state index is 0.0233. The van der Waals surface area contributed by atoms with Gasteiger partial charge in [0.2, 0.25) is 0 Å². The second-order valence-corrected chi connectivity index (χ2v) is 8.73. The highest BCUT2D eigenvalue weighted by molar-refractivity contribution is 7.91. The van der Waals surface area contributed by atoms with Crippen LogP contribution in [-0.4, -0.2) is 32.0 Å². The van der Waals surface area contributed by atoms with Crippen LogP contribution in [0.5, 0.6) is 0 Å². The number of hydrogen-bond donors (Lipinski definition) is 1. The van der Waals surface area contributed by atoms with Crippen molar-refractivity contribution in [3.05, 3.63) is 0 Å². The van der Waals surface area contributed by atoms with E-state index in [2.05, 4.69) is 39.9 Å². The van der Waals surface area contributed by atoms with E-state index in [0.29, 0.717) is 12.2 Å². The Balaban J connectivity index is 4.16. The van der Waals surface area contributed by atoms with Gasteiger partial charge in [0.1, 0.15) is 9.84 Å². The lowest BCUT2D eigenvalue weighted by Crippen LogP contribution is -2.42. The molecule has 0 fully saturated rings. The van der Waals surface area contributed by atoms with Gasteiger partial charge in [-0.3, -0.25) is 0 Å². The number of nitrogens with one attached hydrogen (secondary N) is 1. The Morgan fingerprint density at radius 1 is 1.06 bits per heavy atom. The third kappa shape index (κ3) is 8.11.